The highest BCUT2D eigenvalue weighted by Gasteiger charge is 2.47. The average molecular weight is 228 g/mol. The van der Waals surface area contributed by atoms with Gasteiger partial charge in [0.25, 0.3) is 5.91 Å². The SMILES string of the molecule is C=CCN1C(=O)[C@@H]2CSC(C)N2C1=S. The predicted octanol–water partition coefficient (Wildman–Crippen LogP) is 1.06. The van der Waals surface area contributed by atoms with E-state index in [1.807, 2.05) is 4.90 Å². The Morgan fingerprint density at radius 2 is 2.50 bits per heavy atom. The summed E-state index contributed by atoms with van der Waals surface area (Å²) in [7, 11) is 0. The van der Waals surface area contributed by atoms with Gasteiger partial charge in [-0.15, -0.1) is 18.3 Å². The number of rotatable bonds is 2. The highest BCUT2D eigenvalue weighted by atomic mass is 32.2. The lowest BCUT2D eigenvalue weighted by Gasteiger charge is -2.21. The fourth-order valence-corrected chi connectivity index (χ4v) is 3.52. The van der Waals surface area contributed by atoms with Crippen LogP contribution in [0.4, 0.5) is 0 Å². The van der Waals surface area contributed by atoms with Crippen LogP contribution < -0.4 is 0 Å². The summed E-state index contributed by atoms with van der Waals surface area (Å²) in [6.07, 6.45) is 1.71. The van der Waals surface area contributed by atoms with Gasteiger partial charge in [-0.1, -0.05) is 6.08 Å². The summed E-state index contributed by atoms with van der Waals surface area (Å²) in [6.45, 7) is 6.24. The van der Waals surface area contributed by atoms with Gasteiger partial charge in [0.2, 0.25) is 0 Å². The number of carbonyl (C=O) groups is 1. The zero-order chi connectivity index (χ0) is 10.3. The zero-order valence-electron chi connectivity index (χ0n) is 7.97. The van der Waals surface area contributed by atoms with Gasteiger partial charge in [0, 0.05) is 12.3 Å². The highest BCUT2D eigenvalue weighted by molar-refractivity contribution is 8.00. The molecule has 0 aromatic rings. The van der Waals surface area contributed by atoms with Crippen LogP contribution in [-0.2, 0) is 4.79 Å². The minimum absolute atomic E-state index is 0.0255. The van der Waals surface area contributed by atoms with Crippen LogP contribution >= 0.6 is 24.0 Å². The second kappa shape index (κ2) is 3.55. The van der Waals surface area contributed by atoms with Crippen molar-refractivity contribution in [2.45, 2.75) is 18.3 Å². The normalized spacial score (nSPS) is 31.2. The van der Waals surface area contributed by atoms with Gasteiger partial charge in [0.15, 0.2) is 5.11 Å². The Hall–Kier alpha value is -0.550. The first-order valence-electron chi connectivity index (χ1n) is 4.53. The standard InChI is InChI=1S/C9H12N2OS2/c1-3-4-10-8(12)7-5-14-6(2)11(7)9(10)13/h3,6-7H,1,4-5H2,2H3/t6?,7-/m0/s1. The molecule has 2 fully saturated rings. The third-order valence-corrected chi connectivity index (χ3v) is 4.19. The summed E-state index contributed by atoms with van der Waals surface area (Å²) in [5.41, 5.74) is 0. The molecule has 0 aromatic heterocycles. The van der Waals surface area contributed by atoms with E-state index in [-0.39, 0.29) is 11.9 Å². The largest absolute Gasteiger partial charge is 0.324 e. The Morgan fingerprint density at radius 3 is 3.07 bits per heavy atom. The Morgan fingerprint density at radius 1 is 1.79 bits per heavy atom. The molecule has 0 bridgehead atoms. The lowest BCUT2D eigenvalue weighted by Crippen LogP contribution is -2.35. The molecular weight excluding hydrogens is 216 g/mol. The topological polar surface area (TPSA) is 23.6 Å². The molecule has 1 amide bonds. The monoisotopic (exact) mass is 228 g/mol. The van der Waals surface area contributed by atoms with E-state index < -0.39 is 0 Å². The predicted molar refractivity (Wildman–Crippen MR) is 62.1 cm³/mol. The number of fused-ring (bicyclic) bond motifs is 1. The molecule has 2 aliphatic rings. The molecule has 2 heterocycles. The molecule has 2 aliphatic heterocycles. The summed E-state index contributed by atoms with van der Waals surface area (Å²) in [5, 5.41) is 0.990. The van der Waals surface area contributed by atoms with E-state index in [1.165, 1.54) is 0 Å². The van der Waals surface area contributed by atoms with Crippen molar-refractivity contribution in [3.8, 4) is 0 Å². The number of hydrogen-bond acceptors (Lipinski definition) is 3. The van der Waals surface area contributed by atoms with Gasteiger partial charge >= 0.3 is 0 Å². The van der Waals surface area contributed by atoms with Gasteiger partial charge in [0.05, 0.1) is 5.37 Å². The van der Waals surface area contributed by atoms with Gasteiger partial charge in [-0.25, -0.2) is 0 Å². The molecule has 0 N–H and O–H groups in total. The Balaban J connectivity index is 2.24. The number of thiocarbonyl (C=S) groups is 1. The second-order valence-electron chi connectivity index (χ2n) is 3.38. The molecule has 0 spiro atoms. The maximum atomic E-state index is 11.9. The maximum absolute atomic E-state index is 11.9. The molecule has 3 nitrogen and oxygen atoms in total. The first-order valence-corrected chi connectivity index (χ1v) is 5.98. The minimum Gasteiger partial charge on any atom is -0.324 e. The summed E-state index contributed by atoms with van der Waals surface area (Å²) < 4.78 is 0. The van der Waals surface area contributed by atoms with Gasteiger partial charge in [-0.05, 0) is 19.1 Å². The molecular formula is C9H12N2OS2. The van der Waals surface area contributed by atoms with Crippen LogP contribution in [0.25, 0.3) is 0 Å². The molecule has 76 valence electrons. The number of hydrogen-bond donors (Lipinski definition) is 0. The molecule has 1 unspecified atom stereocenters. The van der Waals surface area contributed by atoms with Gasteiger partial charge < -0.3 is 4.90 Å². The smallest absolute Gasteiger partial charge is 0.252 e. The van der Waals surface area contributed by atoms with E-state index in [2.05, 4.69) is 13.5 Å². The van der Waals surface area contributed by atoms with Crippen molar-refractivity contribution < 1.29 is 4.79 Å². The maximum Gasteiger partial charge on any atom is 0.252 e. The molecule has 2 saturated heterocycles. The van der Waals surface area contributed by atoms with Gasteiger partial charge in [-0.3, -0.25) is 9.69 Å². The van der Waals surface area contributed by atoms with Gasteiger partial charge in [0.1, 0.15) is 6.04 Å². The number of carbonyl (C=O) groups excluding carboxylic acids is 1. The average Bonchev–Trinajstić information content (AvgIpc) is 2.63. The van der Waals surface area contributed by atoms with E-state index in [4.69, 9.17) is 12.2 Å². The van der Waals surface area contributed by atoms with Crippen molar-refractivity contribution in [3.63, 3.8) is 0 Å². The van der Waals surface area contributed by atoms with Crippen molar-refractivity contribution >= 4 is 35.0 Å². The number of thioether (sulfide) groups is 1. The fourth-order valence-electron chi connectivity index (χ4n) is 1.83. The molecule has 0 aliphatic carbocycles. The van der Waals surface area contributed by atoms with E-state index in [0.717, 1.165) is 5.75 Å². The van der Waals surface area contributed by atoms with Crippen LogP contribution in [0.15, 0.2) is 12.7 Å². The number of nitrogens with zero attached hydrogens (tertiary/aromatic N) is 2. The summed E-state index contributed by atoms with van der Waals surface area (Å²) in [5.74, 6) is 0.986. The first kappa shape index (κ1) is 9.98. The molecule has 5 heteroatoms. The Kier molecular flexibility index (Phi) is 2.53. The van der Waals surface area contributed by atoms with Crippen LogP contribution in [0.1, 0.15) is 6.92 Å². The Bertz CT molecular complexity index is 305. The van der Waals surface area contributed by atoms with E-state index in [0.29, 0.717) is 17.0 Å². The molecule has 0 aromatic carbocycles. The lowest BCUT2D eigenvalue weighted by atomic mass is 10.3. The summed E-state index contributed by atoms with van der Waals surface area (Å²) in [6, 6.07) is -0.0255. The third-order valence-electron chi connectivity index (χ3n) is 2.54. The lowest BCUT2D eigenvalue weighted by molar-refractivity contribution is -0.127. The van der Waals surface area contributed by atoms with E-state index >= 15 is 0 Å². The van der Waals surface area contributed by atoms with Crippen molar-refractivity contribution in [2.75, 3.05) is 12.3 Å². The van der Waals surface area contributed by atoms with Crippen LogP contribution in [0, 0.1) is 0 Å². The highest BCUT2D eigenvalue weighted by Crippen LogP contribution is 2.34. The van der Waals surface area contributed by atoms with E-state index in [1.54, 1.807) is 22.7 Å². The van der Waals surface area contributed by atoms with Crippen molar-refractivity contribution in [2.24, 2.45) is 0 Å². The van der Waals surface area contributed by atoms with E-state index in [9.17, 15) is 4.79 Å². The molecule has 14 heavy (non-hydrogen) atoms. The summed E-state index contributed by atoms with van der Waals surface area (Å²) in [4.78, 5) is 15.5. The quantitative estimate of drug-likeness (QED) is 0.521. The molecule has 0 radical (unpaired) electrons. The van der Waals surface area contributed by atoms with Crippen molar-refractivity contribution in [3.05, 3.63) is 12.7 Å². The second-order valence-corrected chi connectivity index (χ2v) is 5.09. The van der Waals surface area contributed by atoms with Gasteiger partial charge in [-0.2, -0.15) is 0 Å². The number of amides is 1. The van der Waals surface area contributed by atoms with Crippen LogP contribution in [0.2, 0.25) is 0 Å². The van der Waals surface area contributed by atoms with Crippen molar-refractivity contribution in [1.82, 2.24) is 9.80 Å². The zero-order valence-corrected chi connectivity index (χ0v) is 9.61. The fraction of sp³-hybridized carbons (Fsp3) is 0.556. The molecule has 0 saturated carbocycles. The molecule has 2 rings (SSSR count). The summed E-state index contributed by atoms with van der Waals surface area (Å²) >= 11 is 7.05. The third kappa shape index (κ3) is 1.26. The Labute approximate surface area is 93.1 Å². The first-order chi connectivity index (χ1) is 6.66. The minimum atomic E-state index is -0.0255. The van der Waals surface area contributed by atoms with Crippen molar-refractivity contribution in [1.29, 1.82) is 0 Å². The van der Waals surface area contributed by atoms with Crippen LogP contribution in [-0.4, -0.2) is 44.5 Å². The molecule has 2 atom stereocenters. The van der Waals surface area contributed by atoms with Crippen LogP contribution in [0.5, 0.6) is 0 Å². The van der Waals surface area contributed by atoms with Crippen LogP contribution in [0.3, 0.4) is 0 Å².